The van der Waals surface area contributed by atoms with Crippen LogP contribution in [-0.4, -0.2) is 29.2 Å². The second-order valence-corrected chi connectivity index (χ2v) is 11.6. The number of hydrogen-bond acceptors (Lipinski definition) is 7. The van der Waals surface area contributed by atoms with Gasteiger partial charge in [0.25, 0.3) is 0 Å². The highest BCUT2D eigenvalue weighted by molar-refractivity contribution is 7.97. The van der Waals surface area contributed by atoms with E-state index in [-0.39, 0.29) is 18.1 Å². The summed E-state index contributed by atoms with van der Waals surface area (Å²) in [6.45, 7) is 5.73. The van der Waals surface area contributed by atoms with Crippen molar-refractivity contribution in [3.05, 3.63) is 138 Å². The maximum absolute atomic E-state index is 5.08. The van der Waals surface area contributed by atoms with E-state index < -0.39 is 0 Å². The molecule has 0 aromatic heterocycles. The van der Waals surface area contributed by atoms with Gasteiger partial charge in [0.1, 0.15) is 11.7 Å². The Hall–Kier alpha value is -4.62. The zero-order valence-electron chi connectivity index (χ0n) is 23.5. The Kier molecular flexibility index (Phi) is 7.10. The second kappa shape index (κ2) is 11.3. The van der Waals surface area contributed by atoms with Crippen LogP contribution >= 0.6 is 11.9 Å². The monoisotopic (exact) mass is 568 g/mol. The Balaban J connectivity index is 1.20. The van der Waals surface area contributed by atoms with E-state index in [1.54, 1.807) is 6.34 Å². The zero-order valence-corrected chi connectivity index (χ0v) is 24.3. The van der Waals surface area contributed by atoms with Crippen LogP contribution in [0.1, 0.15) is 37.1 Å². The lowest BCUT2D eigenvalue weighted by Gasteiger charge is -2.46. The summed E-state index contributed by atoms with van der Waals surface area (Å²) in [5, 5.41) is 3.36. The van der Waals surface area contributed by atoms with Gasteiger partial charge in [-0.2, -0.15) is 0 Å². The van der Waals surface area contributed by atoms with Gasteiger partial charge in [0.05, 0.1) is 23.0 Å². The van der Waals surface area contributed by atoms with Crippen LogP contribution in [0.2, 0.25) is 0 Å². The van der Waals surface area contributed by atoms with Crippen molar-refractivity contribution in [1.82, 2.24) is 9.62 Å². The van der Waals surface area contributed by atoms with Crippen molar-refractivity contribution in [2.75, 3.05) is 4.90 Å². The predicted molar refractivity (Wildman–Crippen MR) is 176 cm³/mol. The molecule has 208 valence electrons. The molecule has 2 aliphatic carbocycles. The van der Waals surface area contributed by atoms with Crippen LogP contribution in [0.25, 0.3) is 5.57 Å². The summed E-state index contributed by atoms with van der Waals surface area (Å²) in [6.07, 6.45) is 25.2. The Labute approximate surface area is 251 Å². The smallest absolute Gasteiger partial charge is 0.168 e. The number of allylic oxidation sites excluding steroid dienone is 7. The average molecular weight is 569 g/mol. The lowest BCUT2D eigenvalue weighted by Crippen LogP contribution is -2.42. The molecule has 2 aromatic carbocycles. The number of benzene rings is 2. The lowest BCUT2D eigenvalue weighted by atomic mass is 9.95. The maximum atomic E-state index is 5.08. The highest BCUT2D eigenvalue weighted by atomic mass is 32.2. The molecule has 0 saturated carbocycles. The predicted octanol–water partition coefficient (Wildman–Crippen LogP) is 7.73. The van der Waals surface area contributed by atoms with Crippen LogP contribution in [0.15, 0.2) is 146 Å². The Morgan fingerprint density at radius 3 is 2.86 bits per heavy atom. The molecule has 42 heavy (non-hydrogen) atoms. The molecule has 3 heterocycles. The van der Waals surface area contributed by atoms with E-state index >= 15 is 0 Å². The molecule has 3 aliphatic heterocycles. The first-order valence-corrected chi connectivity index (χ1v) is 15.1. The van der Waals surface area contributed by atoms with Gasteiger partial charge in [-0.3, -0.25) is 14.2 Å². The van der Waals surface area contributed by atoms with Gasteiger partial charge in [-0.05, 0) is 84.1 Å². The molecule has 5 aliphatic rings. The molecule has 7 rings (SSSR count). The minimum absolute atomic E-state index is 0.106. The Morgan fingerprint density at radius 2 is 2.00 bits per heavy atom. The summed E-state index contributed by atoms with van der Waals surface area (Å²) >= 11 is 1.81. The lowest BCUT2D eigenvalue weighted by molar-refractivity contribution is 0.508. The van der Waals surface area contributed by atoms with E-state index in [0.29, 0.717) is 0 Å². The standard InChI is InChI=1S/C35H32N6S/c1-3-24(22-36-2)25-15-17-27(18-16-25)34-37-23-38-35(39-34)28-10-8-11-29(21-28)40-31-13-6-7-14-32(31)42-41-30-12-5-4-9-26(30)19-20-33(40)41/h4-9,11-23,28,30,34H,2-3,10H2,1H3,(H,37,38,39)/b24-22+. The van der Waals surface area contributed by atoms with Crippen LogP contribution < -0.4 is 10.2 Å². The minimum Gasteiger partial charge on any atom is -0.335 e. The van der Waals surface area contributed by atoms with E-state index in [2.05, 4.69) is 141 Å². The number of rotatable bonds is 6. The Morgan fingerprint density at radius 1 is 1.12 bits per heavy atom. The summed E-state index contributed by atoms with van der Waals surface area (Å²) in [5.41, 5.74) is 7.01. The largest absolute Gasteiger partial charge is 0.335 e. The van der Waals surface area contributed by atoms with E-state index in [1.807, 2.05) is 18.1 Å². The molecule has 1 N–H and O–H groups in total. The van der Waals surface area contributed by atoms with Crippen LogP contribution in [-0.2, 0) is 0 Å². The molecule has 0 fully saturated rings. The van der Waals surface area contributed by atoms with Crippen LogP contribution in [0.4, 0.5) is 5.69 Å². The molecule has 7 heteroatoms. The van der Waals surface area contributed by atoms with Gasteiger partial charge in [-0.1, -0.05) is 79.8 Å². The van der Waals surface area contributed by atoms with Gasteiger partial charge in [0.2, 0.25) is 0 Å². The number of para-hydroxylation sites is 1. The summed E-state index contributed by atoms with van der Waals surface area (Å²) in [4.78, 5) is 17.3. The SMILES string of the molecule is C=N/C=C(\CC)c1ccc(C2N=CNC(C3C=C(N4C5=CC=C6C=CC=CC6N5Sc5ccccc54)C=CC3)=N2)cc1. The molecular formula is C35H32N6S. The Bertz CT molecular complexity index is 1680. The number of anilines is 1. The van der Waals surface area contributed by atoms with Gasteiger partial charge in [0.15, 0.2) is 6.17 Å². The number of nitrogens with one attached hydrogen (secondary N) is 1. The number of nitrogens with zero attached hydrogens (tertiary/aromatic N) is 5. The molecule has 2 aromatic rings. The molecule has 6 nitrogen and oxygen atoms in total. The van der Waals surface area contributed by atoms with Crippen molar-refractivity contribution in [1.29, 1.82) is 0 Å². The zero-order chi connectivity index (χ0) is 28.5. The number of aliphatic imine (C=N–C) groups is 3. The second-order valence-electron chi connectivity index (χ2n) is 10.6. The summed E-state index contributed by atoms with van der Waals surface area (Å²) in [5.74, 6) is 2.20. The molecule has 3 atom stereocenters. The van der Waals surface area contributed by atoms with Gasteiger partial charge in [0, 0.05) is 17.8 Å². The molecule has 0 saturated heterocycles. The van der Waals surface area contributed by atoms with Gasteiger partial charge in [-0.25, -0.2) is 9.98 Å². The first-order chi connectivity index (χ1) is 20.7. The quantitative estimate of drug-likeness (QED) is 0.286. The first-order valence-electron chi connectivity index (χ1n) is 14.4. The maximum Gasteiger partial charge on any atom is 0.168 e. The van der Waals surface area contributed by atoms with Crippen molar-refractivity contribution >= 4 is 42.1 Å². The normalized spacial score (nSPS) is 24.0. The molecular weight excluding hydrogens is 536 g/mol. The average Bonchev–Trinajstić information content (AvgIpc) is 3.06. The van der Waals surface area contributed by atoms with Gasteiger partial charge < -0.3 is 5.32 Å². The highest BCUT2D eigenvalue weighted by Gasteiger charge is 2.36. The summed E-state index contributed by atoms with van der Waals surface area (Å²) in [7, 11) is 0. The topological polar surface area (TPSA) is 55.6 Å². The van der Waals surface area contributed by atoms with Crippen molar-refractivity contribution in [3.8, 4) is 0 Å². The third-order valence-electron chi connectivity index (χ3n) is 8.03. The van der Waals surface area contributed by atoms with Crippen molar-refractivity contribution in [2.24, 2.45) is 20.9 Å². The summed E-state index contributed by atoms with van der Waals surface area (Å²) < 4.78 is 2.42. The van der Waals surface area contributed by atoms with E-state index in [4.69, 9.17) is 4.99 Å². The molecule has 0 bridgehead atoms. The number of fused-ring (bicyclic) bond motifs is 4. The van der Waals surface area contributed by atoms with Crippen LogP contribution in [0.5, 0.6) is 0 Å². The van der Waals surface area contributed by atoms with Crippen molar-refractivity contribution < 1.29 is 0 Å². The minimum atomic E-state index is -0.275. The summed E-state index contributed by atoms with van der Waals surface area (Å²) in [6, 6.07) is 17.3. The van der Waals surface area contributed by atoms with E-state index in [0.717, 1.165) is 46.9 Å². The van der Waals surface area contributed by atoms with Gasteiger partial charge >= 0.3 is 0 Å². The number of amidine groups is 1. The van der Waals surface area contributed by atoms with Crippen molar-refractivity contribution in [2.45, 2.75) is 36.9 Å². The third kappa shape index (κ3) is 4.80. The van der Waals surface area contributed by atoms with Crippen molar-refractivity contribution in [3.63, 3.8) is 0 Å². The first kappa shape index (κ1) is 26.3. The molecule has 0 amide bonds. The molecule has 3 unspecified atom stereocenters. The molecule has 0 spiro atoms. The van der Waals surface area contributed by atoms with Gasteiger partial charge in [-0.15, -0.1) is 0 Å². The fourth-order valence-electron chi connectivity index (χ4n) is 5.89. The number of hydrogen-bond donors (Lipinski definition) is 1. The third-order valence-corrected chi connectivity index (χ3v) is 9.18. The van der Waals surface area contributed by atoms with E-state index in [9.17, 15) is 0 Å². The highest BCUT2D eigenvalue weighted by Crippen LogP contribution is 2.49. The molecule has 0 radical (unpaired) electrons. The van der Waals surface area contributed by atoms with Crippen LogP contribution in [0.3, 0.4) is 0 Å². The fourth-order valence-corrected chi connectivity index (χ4v) is 7.04. The fraction of sp³-hybridized carbons (Fsp3) is 0.171. The van der Waals surface area contributed by atoms with Crippen LogP contribution in [0, 0.1) is 5.92 Å². The van der Waals surface area contributed by atoms with E-state index in [1.165, 1.54) is 16.2 Å².